The summed E-state index contributed by atoms with van der Waals surface area (Å²) < 4.78 is 19.9. The Bertz CT molecular complexity index is 610. The van der Waals surface area contributed by atoms with E-state index in [0.29, 0.717) is 5.56 Å². The third kappa shape index (κ3) is 2.83. The van der Waals surface area contributed by atoms with Gasteiger partial charge in [0.15, 0.2) is 0 Å². The van der Waals surface area contributed by atoms with Crippen LogP contribution in [0.5, 0.6) is 5.75 Å². The van der Waals surface area contributed by atoms with Gasteiger partial charge in [-0.1, -0.05) is 30.3 Å². The molecule has 2 N–H and O–H groups in total. The molecule has 2 rings (SSSR count). The highest BCUT2D eigenvalue weighted by atomic mass is 19.1. The molecular formula is C17H20FNO. The molecule has 0 heterocycles. The lowest BCUT2D eigenvalue weighted by Crippen LogP contribution is -2.20. The van der Waals surface area contributed by atoms with Crippen molar-refractivity contribution in [2.45, 2.75) is 26.9 Å². The monoisotopic (exact) mass is 273 g/mol. The zero-order valence-electron chi connectivity index (χ0n) is 12.1. The summed E-state index contributed by atoms with van der Waals surface area (Å²) in [7, 11) is 0. The van der Waals surface area contributed by atoms with Crippen LogP contribution in [0.4, 0.5) is 4.39 Å². The second-order valence-corrected chi connectivity index (χ2v) is 5.02. The fraction of sp³-hybridized carbons (Fsp3) is 0.294. The van der Waals surface area contributed by atoms with Crippen molar-refractivity contribution in [1.29, 1.82) is 0 Å². The molecule has 2 aromatic rings. The van der Waals surface area contributed by atoms with E-state index in [9.17, 15) is 4.39 Å². The number of benzene rings is 2. The summed E-state index contributed by atoms with van der Waals surface area (Å²) in [6.45, 7) is 6.25. The van der Waals surface area contributed by atoms with Crippen LogP contribution < -0.4 is 10.5 Å². The highest BCUT2D eigenvalue weighted by molar-refractivity contribution is 5.45. The summed E-state index contributed by atoms with van der Waals surface area (Å²) in [5, 5.41) is 0. The topological polar surface area (TPSA) is 35.2 Å². The van der Waals surface area contributed by atoms with E-state index in [2.05, 4.69) is 6.07 Å². The Morgan fingerprint density at radius 3 is 2.35 bits per heavy atom. The van der Waals surface area contributed by atoms with Crippen LogP contribution in [0.15, 0.2) is 36.4 Å². The predicted molar refractivity (Wildman–Crippen MR) is 79.5 cm³/mol. The van der Waals surface area contributed by atoms with Gasteiger partial charge in [0.05, 0.1) is 0 Å². The highest BCUT2D eigenvalue weighted by Crippen LogP contribution is 2.30. The van der Waals surface area contributed by atoms with Crippen molar-refractivity contribution in [2.24, 2.45) is 5.73 Å². The standard InChI is InChI=1S/C17H20FNO/c1-11-8-9-12(2)17(13(11)3)20-16(10-19)14-6-4-5-7-15(14)18/h4-9,16H,10,19H2,1-3H3. The average molecular weight is 273 g/mol. The number of hydrogen-bond donors (Lipinski definition) is 1. The molecular weight excluding hydrogens is 253 g/mol. The first kappa shape index (κ1) is 14.5. The normalized spacial score (nSPS) is 12.2. The fourth-order valence-corrected chi connectivity index (χ4v) is 2.22. The molecule has 0 fully saturated rings. The quantitative estimate of drug-likeness (QED) is 0.918. The van der Waals surface area contributed by atoms with E-state index in [0.717, 1.165) is 22.4 Å². The van der Waals surface area contributed by atoms with Gasteiger partial charge in [-0.25, -0.2) is 4.39 Å². The molecule has 2 nitrogen and oxygen atoms in total. The van der Waals surface area contributed by atoms with Crippen LogP contribution in [0.3, 0.4) is 0 Å². The average Bonchev–Trinajstić information content (AvgIpc) is 2.45. The Hall–Kier alpha value is -1.87. The molecule has 0 saturated carbocycles. The van der Waals surface area contributed by atoms with Gasteiger partial charge < -0.3 is 10.5 Å². The lowest BCUT2D eigenvalue weighted by molar-refractivity contribution is 0.206. The van der Waals surface area contributed by atoms with Gasteiger partial charge in [0.2, 0.25) is 0 Å². The van der Waals surface area contributed by atoms with Crippen LogP contribution in [0.25, 0.3) is 0 Å². The van der Waals surface area contributed by atoms with E-state index in [1.165, 1.54) is 6.07 Å². The highest BCUT2D eigenvalue weighted by Gasteiger charge is 2.18. The maximum atomic E-state index is 13.9. The Morgan fingerprint density at radius 1 is 1.05 bits per heavy atom. The second-order valence-electron chi connectivity index (χ2n) is 5.02. The Kier molecular flexibility index (Phi) is 4.40. The van der Waals surface area contributed by atoms with Crippen LogP contribution in [0.2, 0.25) is 0 Å². The first-order chi connectivity index (χ1) is 9.54. The number of aryl methyl sites for hydroxylation is 2. The maximum absolute atomic E-state index is 13.9. The predicted octanol–water partition coefficient (Wildman–Crippen LogP) is 3.83. The first-order valence-electron chi connectivity index (χ1n) is 6.72. The number of nitrogens with two attached hydrogens (primary N) is 1. The van der Waals surface area contributed by atoms with E-state index >= 15 is 0 Å². The minimum Gasteiger partial charge on any atom is -0.484 e. The summed E-state index contributed by atoms with van der Waals surface area (Å²) in [5.41, 5.74) is 9.51. The van der Waals surface area contributed by atoms with Crippen LogP contribution in [0.1, 0.15) is 28.4 Å². The number of ether oxygens (including phenoxy) is 1. The molecule has 0 amide bonds. The third-order valence-electron chi connectivity index (χ3n) is 3.60. The summed E-state index contributed by atoms with van der Waals surface area (Å²) in [5.74, 6) is 0.509. The van der Waals surface area contributed by atoms with Crippen LogP contribution in [-0.4, -0.2) is 6.54 Å². The molecule has 3 heteroatoms. The van der Waals surface area contributed by atoms with E-state index < -0.39 is 6.10 Å². The summed E-state index contributed by atoms with van der Waals surface area (Å²) in [6.07, 6.45) is -0.476. The molecule has 106 valence electrons. The Balaban J connectivity index is 2.37. The van der Waals surface area contributed by atoms with Gasteiger partial charge in [-0.2, -0.15) is 0 Å². The Morgan fingerprint density at radius 2 is 1.70 bits per heavy atom. The van der Waals surface area contributed by atoms with Gasteiger partial charge in [0, 0.05) is 12.1 Å². The molecule has 0 radical (unpaired) electrons. The van der Waals surface area contributed by atoms with Crippen LogP contribution in [0, 0.1) is 26.6 Å². The molecule has 0 aliphatic rings. The SMILES string of the molecule is Cc1ccc(C)c(OC(CN)c2ccccc2F)c1C. The molecule has 0 aliphatic heterocycles. The van der Waals surface area contributed by atoms with Crippen molar-refractivity contribution < 1.29 is 9.13 Å². The number of rotatable bonds is 4. The number of hydrogen-bond acceptors (Lipinski definition) is 2. The van der Waals surface area contributed by atoms with E-state index in [4.69, 9.17) is 10.5 Å². The van der Waals surface area contributed by atoms with Crippen molar-refractivity contribution in [3.63, 3.8) is 0 Å². The van der Waals surface area contributed by atoms with Crippen molar-refractivity contribution >= 4 is 0 Å². The molecule has 20 heavy (non-hydrogen) atoms. The molecule has 0 aromatic heterocycles. The lowest BCUT2D eigenvalue weighted by Gasteiger charge is -2.22. The number of halogens is 1. The van der Waals surface area contributed by atoms with Gasteiger partial charge in [-0.3, -0.25) is 0 Å². The summed E-state index contributed by atoms with van der Waals surface area (Å²) >= 11 is 0. The molecule has 0 saturated heterocycles. The van der Waals surface area contributed by atoms with E-state index in [-0.39, 0.29) is 12.4 Å². The summed E-state index contributed by atoms with van der Waals surface area (Å²) in [6, 6.07) is 10.7. The molecule has 0 bridgehead atoms. The first-order valence-corrected chi connectivity index (χ1v) is 6.72. The maximum Gasteiger partial charge on any atom is 0.139 e. The van der Waals surface area contributed by atoms with Gasteiger partial charge >= 0.3 is 0 Å². The lowest BCUT2D eigenvalue weighted by atomic mass is 10.0. The van der Waals surface area contributed by atoms with Gasteiger partial charge in [0.25, 0.3) is 0 Å². The zero-order valence-corrected chi connectivity index (χ0v) is 12.1. The van der Waals surface area contributed by atoms with Gasteiger partial charge in [-0.15, -0.1) is 0 Å². The van der Waals surface area contributed by atoms with Crippen molar-refractivity contribution in [3.8, 4) is 5.75 Å². The summed E-state index contributed by atoms with van der Waals surface area (Å²) in [4.78, 5) is 0. The molecule has 0 spiro atoms. The van der Waals surface area contributed by atoms with Crippen LogP contribution >= 0.6 is 0 Å². The van der Waals surface area contributed by atoms with Crippen molar-refractivity contribution in [1.82, 2.24) is 0 Å². The fourth-order valence-electron chi connectivity index (χ4n) is 2.22. The third-order valence-corrected chi connectivity index (χ3v) is 3.60. The van der Waals surface area contributed by atoms with Gasteiger partial charge in [0.1, 0.15) is 17.7 Å². The molecule has 1 atom stereocenters. The van der Waals surface area contributed by atoms with E-state index in [1.54, 1.807) is 18.2 Å². The largest absolute Gasteiger partial charge is 0.484 e. The minimum absolute atomic E-state index is 0.230. The molecule has 2 aromatic carbocycles. The molecule has 1 unspecified atom stereocenters. The smallest absolute Gasteiger partial charge is 0.139 e. The van der Waals surface area contributed by atoms with Crippen LogP contribution in [-0.2, 0) is 0 Å². The van der Waals surface area contributed by atoms with Gasteiger partial charge in [-0.05, 0) is 43.5 Å². The second kappa shape index (κ2) is 6.06. The molecule has 0 aliphatic carbocycles. The van der Waals surface area contributed by atoms with Crippen molar-refractivity contribution in [2.75, 3.05) is 6.54 Å². The minimum atomic E-state index is -0.476. The van der Waals surface area contributed by atoms with Crippen molar-refractivity contribution in [3.05, 3.63) is 64.5 Å². The van der Waals surface area contributed by atoms with E-state index in [1.807, 2.05) is 26.8 Å². The Labute approximate surface area is 119 Å². The zero-order chi connectivity index (χ0) is 14.7.